The number of hydrogen-bond donors (Lipinski definition) is 0. The van der Waals surface area contributed by atoms with Crippen molar-refractivity contribution in [3.8, 4) is 11.1 Å². The van der Waals surface area contributed by atoms with E-state index in [0.29, 0.717) is 0 Å². The highest BCUT2D eigenvalue weighted by molar-refractivity contribution is 6.96. The van der Waals surface area contributed by atoms with Crippen LogP contribution >= 0.6 is 11.6 Å². The van der Waals surface area contributed by atoms with Gasteiger partial charge in [0.1, 0.15) is 0 Å². The molecule has 129 valence electrons. The summed E-state index contributed by atoms with van der Waals surface area (Å²) in [6.07, 6.45) is 0. The molecule has 0 aliphatic heterocycles. The normalized spacial score (nSPS) is 14.8. The van der Waals surface area contributed by atoms with E-state index in [9.17, 15) is 0 Å². The highest BCUT2D eigenvalue weighted by atomic mass is 35.5. The average molecular weight is 382 g/mol. The molecule has 0 nitrogen and oxygen atoms in total. The first-order valence-corrected chi connectivity index (χ1v) is 11.1. The second-order valence-electron chi connectivity index (χ2n) is 6.82. The fourth-order valence-corrected chi connectivity index (χ4v) is 7.43. The van der Waals surface area contributed by atoms with Crippen molar-refractivity contribution >= 4 is 36.0 Å². The molecule has 0 bridgehead atoms. The second kappa shape index (κ2) is 6.84. The van der Waals surface area contributed by atoms with E-state index >= 15 is 0 Å². The third kappa shape index (κ3) is 2.75. The number of fused-ring (bicyclic) bond motifs is 3. The molecule has 0 amide bonds. The fourth-order valence-electron chi connectivity index (χ4n) is 4.10. The summed E-state index contributed by atoms with van der Waals surface area (Å²) in [7, 11) is -1.14. The molecule has 5 rings (SSSR count). The minimum absolute atomic E-state index is 0.0835. The van der Waals surface area contributed by atoms with Gasteiger partial charge in [0.05, 0.1) is 5.38 Å². The molecule has 4 aromatic rings. The molecule has 2 heteroatoms. The highest BCUT2D eigenvalue weighted by Gasteiger charge is 2.32. The van der Waals surface area contributed by atoms with E-state index in [1.807, 2.05) is 0 Å². The van der Waals surface area contributed by atoms with Crippen molar-refractivity contribution in [1.29, 1.82) is 0 Å². The Balaban J connectivity index is 1.76. The molecular formula is C25H18ClSi. The van der Waals surface area contributed by atoms with Crippen LogP contribution in [0.3, 0.4) is 0 Å². The van der Waals surface area contributed by atoms with Crippen LogP contribution in [0.15, 0.2) is 103 Å². The summed E-state index contributed by atoms with van der Waals surface area (Å²) in [6.45, 7) is 0. The largest absolute Gasteiger partial charge is 0.154 e. The second-order valence-corrected chi connectivity index (χ2v) is 9.70. The van der Waals surface area contributed by atoms with Crippen molar-refractivity contribution in [2.24, 2.45) is 0 Å². The molecule has 0 fully saturated rings. The maximum absolute atomic E-state index is 7.01. The van der Waals surface area contributed by atoms with Gasteiger partial charge >= 0.3 is 0 Å². The molecular weight excluding hydrogens is 364 g/mol. The maximum atomic E-state index is 7.01. The van der Waals surface area contributed by atoms with E-state index < -0.39 is 8.80 Å². The third-order valence-corrected chi connectivity index (χ3v) is 8.53. The van der Waals surface area contributed by atoms with Crippen molar-refractivity contribution in [2.45, 2.75) is 5.38 Å². The Bertz CT molecular complexity index is 1050. The summed E-state index contributed by atoms with van der Waals surface area (Å²) < 4.78 is 0. The van der Waals surface area contributed by atoms with E-state index in [2.05, 4.69) is 103 Å². The Kier molecular flexibility index (Phi) is 4.20. The molecule has 0 saturated carbocycles. The Hall–Kier alpha value is -2.61. The summed E-state index contributed by atoms with van der Waals surface area (Å²) in [5.41, 5.74) is 5.08. The van der Waals surface area contributed by atoms with Gasteiger partial charge in [-0.3, -0.25) is 0 Å². The van der Waals surface area contributed by atoms with Gasteiger partial charge in [0.25, 0.3) is 0 Å². The predicted octanol–water partition coefficient (Wildman–Crippen LogP) is 4.51. The molecule has 0 heterocycles. The molecule has 0 N–H and O–H groups in total. The van der Waals surface area contributed by atoms with E-state index in [1.54, 1.807) is 0 Å². The first-order valence-electron chi connectivity index (χ1n) is 9.19. The van der Waals surface area contributed by atoms with Crippen molar-refractivity contribution in [3.05, 3.63) is 114 Å². The lowest BCUT2D eigenvalue weighted by molar-refractivity contribution is 1.22. The Morgan fingerprint density at radius 1 is 0.556 bits per heavy atom. The number of alkyl halides is 1. The summed E-state index contributed by atoms with van der Waals surface area (Å²) in [6, 6.07) is 37.0. The third-order valence-electron chi connectivity index (χ3n) is 5.28. The number of benzene rings is 4. The minimum atomic E-state index is -1.14. The molecule has 0 aromatic heterocycles. The average Bonchev–Trinajstić information content (AvgIpc) is 3.03. The van der Waals surface area contributed by atoms with E-state index in [0.717, 1.165) is 0 Å². The van der Waals surface area contributed by atoms with Crippen LogP contribution in [-0.4, -0.2) is 8.80 Å². The van der Waals surface area contributed by atoms with Gasteiger partial charge in [-0.05, 0) is 27.4 Å². The summed E-state index contributed by atoms with van der Waals surface area (Å²) in [5.74, 6) is 0. The molecule has 0 spiro atoms. The lowest BCUT2D eigenvalue weighted by Gasteiger charge is -2.21. The van der Waals surface area contributed by atoms with Crippen molar-refractivity contribution < 1.29 is 0 Å². The molecule has 1 unspecified atom stereocenters. The van der Waals surface area contributed by atoms with Gasteiger partial charge in [-0.15, -0.1) is 11.6 Å². The van der Waals surface area contributed by atoms with E-state index in [4.69, 9.17) is 11.6 Å². The van der Waals surface area contributed by atoms with E-state index in [1.165, 1.54) is 37.8 Å². The topological polar surface area (TPSA) is 0 Å². The first kappa shape index (κ1) is 16.6. The van der Waals surface area contributed by atoms with Crippen LogP contribution in [0.4, 0.5) is 0 Å². The quantitative estimate of drug-likeness (QED) is 0.278. The van der Waals surface area contributed by atoms with Crippen LogP contribution in [0.2, 0.25) is 0 Å². The molecule has 1 radical (unpaired) electrons. The Labute approximate surface area is 166 Å². The fraction of sp³-hybridized carbons (Fsp3) is 0.0400. The van der Waals surface area contributed by atoms with Gasteiger partial charge in [0.15, 0.2) is 8.80 Å². The van der Waals surface area contributed by atoms with Crippen LogP contribution in [0.25, 0.3) is 11.1 Å². The summed E-state index contributed by atoms with van der Waals surface area (Å²) in [4.78, 5) is 0. The summed E-state index contributed by atoms with van der Waals surface area (Å²) >= 11 is 7.01. The molecule has 1 aliphatic rings. The van der Waals surface area contributed by atoms with Crippen LogP contribution < -0.4 is 15.6 Å². The van der Waals surface area contributed by atoms with Gasteiger partial charge in [-0.2, -0.15) is 0 Å². The van der Waals surface area contributed by atoms with Gasteiger partial charge < -0.3 is 0 Å². The molecule has 27 heavy (non-hydrogen) atoms. The molecule has 4 aromatic carbocycles. The molecule has 1 aliphatic carbocycles. The predicted molar refractivity (Wildman–Crippen MR) is 117 cm³/mol. The van der Waals surface area contributed by atoms with Crippen LogP contribution in [0.1, 0.15) is 16.5 Å². The van der Waals surface area contributed by atoms with Crippen LogP contribution in [-0.2, 0) is 0 Å². The lowest BCUT2D eigenvalue weighted by Crippen LogP contribution is -2.53. The summed E-state index contributed by atoms with van der Waals surface area (Å²) in [5, 5.41) is 4.09. The Morgan fingerprint density at radius 3 is 1.78 bits per heavy atom. The SMILES string of the molecule is ClC1c2ccccc2-c2cccc([Si](c3ccccc3)c3ccccc3)c21. The zero-order chi connectivity index (χ0) is 18.2. The van der Waals surface area contributed by atoms with E-state index in [-0.39, 0.29) is 5.38 Å². The Morgan fingerprint density at radius 2 is 1.11 bits per heavy atom. The van der Waals surface area contributed by atoms with Gasteiger partial charge in [0.2, 0.25) is 0 Å². The number of hydrogen-bond acceptors (Lipinski definition) is 0. The van der Waals surface area contributed by atoms with Crippen LogP contribution in [0.5, 0.6) is 0 Å². The number of rotatable bonds is 3. The molecule has 0 saturated heterocycles. The van der Waals surface area contributed by atoms with Crippen LogP contribution in [0, 0.1) is 0 Å². The van der Waals surface area contributed by atoms with Crippen molar-refractivity contribution in [1.82, 2.24) is 0 Å². The van der Waals surface area contributed by atoms with Gasteiger partial charge in [-0.25, -0.2) is 0 Å². The van der Waals surface area contributed by atoms with Gasteiger partial charge in [0, 0.05) is 0 Å². The highest BCUT2D eigenvalue weighted by Crippen LogP contribution is 2.45. The standard InChI is InChI=1S/C25H18ClSi/c26-25-22-15-8-7-14-20(22)21-16-9-17-23(24(21)25)27(18-10-3-1-4-11-18)19-12-5-2-6-13-19/h1-17,25H. The smallest absolute Gasteiger partial charge is 0.113 e. The monoisotopic (exact) mass is 381 g/mol. The van der Waals surface area contributed by atoms with Crippen molar-refractivity contribution in [2.75, 3.05) is 0 Å². The zero-order valence-corrected chi connectivity index (χ0v) is 16.5. The molecule has 1 atom stereocenters. The zero-order valence-electron chi connectivity index (χ0n) is 14.8. The minimum Gasteiger partial charge on any atom is -0.113 e. The maximum Gasteiger partial charge on any atom is 0.154 e. The van der Waals surface area contributed by atoms with Gasteiger partial charge in [-0.1, -0.05) is 114 Å². The number of halogens is 1. The lowest BCUT2D eigenvalue weighted by atomic mass is 10.1. The first-order chi connectivity index (χ1) is 13.3. The van der Waals surface area contributed by atoms with Crippen molar-refractivity contribution in [3.63, 3.8) is 0 Å².